The summed E-state index contributed by atoms with van der Waals surface area (Å²) in [5, 5.41) is 10.1. The predicted octanol–water partition coefficient (Wildman–Crippen LogP) is 2.08. The number of carbonyl (C=O) groups excluding carboxylic acids is 1. The average Bonchev–Trinajstić information content (AvgIpc) is 2.59. The van der Waals surface area contributed by atoms with Crippen LogP contribution in [0.25, 0.3) is 0 Å². The zero-order valence-corrected chi connectivity index (χ0v) is 18.6. The maximum Gasteiger partial charge on any atom is 0.410 e. The van der Waals surface area contributed by atoms with Crippen LogP contribution in [0.2, 0.25) is 0 Å². The molecule has 1 atom stereocenters. The number of benzene rings is 1. The van der Waals surface area contributed by atoms with Crippen LogP contribution in [0.4, 0.5) is 4.79 Å². The van der Waals surface area contributed by atoms with Crippen molar-refractivity contribution in [2.24, 2.45) is 10.7 Å². The van der Waals surface area contributed by atoms with Gasteiger partial charge in [-0.15, -0.1) is 24.0 Å². The summed E-state index contributed by atoms with van der Waals surface area (Å²) in [7, 11) is 0. The number of ether oxygens (including phenoxy) is 1. The Morgan fingerprint density at radius 2 is 1.74 bits per heavy atom. The van der Waals surface area contributed by atoms with Gasteiger partial charge in [-0.2, -0.15) is 0 Å². The van der Waals surface area contributed by atoms with Gasteiger partial charge in [-0.25, -0.2) is 4.79 Å². The Balaban J connectivity index is 0.00000364. The maximum atomic E-state index is 12.1. The highest BCUT2D eigenvalue weighted by Crippen LogP contribution is 2.12. The average molecular weight is 490 g/mol. The van der Waals surface area contributed by atoms with Crippen LogP contribution in [0.5, 0.6) is 0 Å². The Hall–Kier alpha value is -1.55. The van der Waals surface area contributed by atoms with Crippen molar-refractivity contribution in [3.05, 3.63) is 35.9 Å². The second-order valence-electron chi connectivity index (χ2n) is 7.50. The van der Waals surface area contributed by atoms with Crippen molar-refractivity contribution in [1.29, 1.82) is 0 Å². The molecular weight excluding hydrogens is 459 g/mol. The molecule has 1 aromatic rings. The Morgan fingerprint density at radius 3 is 2.30 bits per heavy atom. The van der Waals surface area contributed by atoms with E-state index in [0.717, 1.165) is 5.56 Å². The number of carbonyl (C=O) groups is 1. The summed E-state index contributed by atoms with van der Waals surface area (Å²) in [5.74, 6) is 0.404. The lowest BCUT2D eigenvalue weighted by Crippen LogP contribution is -2.53. The fourth-order valence-corrected chi connectivity index (χ4v) is 2.69. The van der Waals surface area contributed by atoms with Crippen molar-refractivity contribution >= 4 is 36.0 Å². The molecule has 0 saturated carbocycles. The van der Waals surface area contributed by atoms with Gasteiger partial charge in [0, 0.05) is 32.6 Å². The number of aliphatic hydroxyl groups is 1. The topological polar surface area (TPSA) is 91.4 Å². The SMILES string of the molecule is CC(C)(C)OC(=O)N1CCN(C(N)=NCC(O)Cc2ccccc2)CC1.I. The molecule has 1 unspecified atom stereocenters. The minimum atomic E-state index is -0.570. The Morgan fingerprint density at radius 1 is 1.19 bits per heavy atom. The Labute approximate surface area is 178 Å². The molecule has 8 heteroatoms. The van der Waals surface area contributed by atoms with Gasteiger partial charge in [0.05, 0.1) is 12.6 Å². The minimum Gasteiger partial charge on any atom is -0.444 e. The highest BCUT2D eigenvalue weighted by molar-refractivity contribution is 14.0. The highest BCUT2D eigenvalue weighted by Gasteiger charge is 2.26. The van der Waals surface area contributed by atoms with Crippen molar-refractivity contribution in [3.63, 3.8) is 0 Å². The molecule has 1 aliphatic heterocycles. The molecule has 1 fully saturated rings. The third-order valence-corrected chi connectivity index (χ3v) is 4.03. The van der Waals surface area contributed by atoms with E-state index in [1.54, 1.807) is 4.90 Å². The van der Waals surface area contributed by atoms with E-state index in [9.17, 15) is 9.90 Å². The van der Waals surface area contributed by atoms with E-state index in [1.807, 2.05) is 56.0 Å². The number of hydrogen-bond acceptors (Lipinski definition) is 4. The molecule has 0 aliphatic carbocycles. The number of aliphatic hydroxyl groups excluding tert-OH is 1. The third-order valence-electron chi connectivity index (χ3n) is 4.03. The number of aliphatic imine (C=N–C) groups is 1. The molecule has 2 rings (SSSR count). The van der Waals surface area contributed by atoms with Crippen LogP contribution >= 0.6 is 24.0 Å². The van der Waals surface area contributed by atoms with E-state index in [-0.39, 0.29) is 36.6 Å². The van der Waals surface area contributed by atoms with E-state index < -0.39 is 11.7 Å². The van der Waals surface area contributed by atoms with E-state index in [4.69, 9.17) is 10.5 Å². The van der Waals surface area contributed by atoms with Gasteiger partial charge in [-0.1, -0.05) is 30.3 Å². The first kappa shape index (κ1) is 23.5. The normalized spacial score (nSPS) is 16.5. The quantitative estimate of drug-likeness (QED) is 0.383. The molecule has 1 amide bonds. The number of guanidine groups is 1. The van der Waals surface area contributed by atoms with Gasteiger partial charge in [-0.3, -0.25) is 4.99 Å². The summed E-state index contributed by atoms with van der Waals surface area (Å²) in [5.41, 5.74) is 6.62. The lowest BCUT2D eigenvalue weighted by molar-refractivity contribution is 0.0186. The van der Waals surface area contributed by atoms with Crippen molar-refractivity contribution in [1.82, 2.24) is 9.80 Å². The van der Waals surface area contributed by atoms with Crippen LogP contribution in [-0.4, -0.2) is 71.4 Å². The molecule has 1 heterocycles. The second-order valence-corrected chi connectivity index (χ2v) is 7.50. The molecule has 1 aliphatic rings. The maximum absolute atomic E-state index is 12.1. The molecule has 0 bridgehead atoms. The Bertz CT molecular complexity index is 611. The van der Waals surface area contributed by atoms with Crippen molar-refractivity contribution in [2.45, 2.75) is 38.9 Å². The first-order chi connectivity index (χ1) is 12.2. The van der Waals surface area contributed by atoms with Crippen LogP contribution in [0.15, 0.2) is 35.3 Å². The summed E-state index contributed by atoms with van der Waals surface area (Å²) in [6.45, 7) is 8.10. The molecule has 0 aromatic heterocycles. The number of piperazine rings is 1. The molecule has 152 valence electrons. The zero-order valence-electron chi connectivity index (χ0n) is 16.3. The predicted molar refractivity (Wildman–Crippen MR) is 117 cm³/mol. The van der Waals surface area contributed by atoms with Gasteiger partial charge >= 0.3 is 6.09 Å². The zero-order chi connectivity index (χ0) is 19.2. The Kier molecular flexibility index (Phi) is 9.31. The summed E-state index contributed by atoms with van der Waals surface area (Å²) in [6.07, 6.45) is -0.325. The van der Waals surface area contributed by atoms with Crippen LogP contribution in [-0.2, 0) is 11.2 Å². The first-order valence-electron chi connectivity index (χ1n) is 8.99. The standard InChI is InChI=1S/C19H30N4O3.HI/c1-19(2,3)26-18(25)23-11-9-22(10-12-23)17(20)21-14-16(24)13-15-7-5-4-6-8-15;/h4-8,16,24H,9-14H2,1-3H3,(H2,20,21);1H. The first-order valence-corrected chi connectivity index (χ1v) is 8.99. The molecule has 1 saturated heterocycles. The van der Waals surface area contributed by atoms with Crippen molar-refractivity contribution in [3.8, 4) is 0 Å². The van der Waals surface area contributed by atoms with Crippen molar-refractivity contribution < 1.29 is 14.6 Å². The number of amides is 1. The fourth-order valence-electron chi connectivity index (χ4n) is 2.69. The van der Waals surface area contributed by atoms with Gasteiger partial charge < -0.3 is 25.4 Å². The molecule has 1 aromatic carbocycles. The van der Waals surface area contributed by atoms with Crippen LogP contribution < -0.4 is 5.73 Å². The largest absolute Gasteiger partial charge is 0.444 e. The number of rotatable bonds is 4. The number of nitrogens with two attached hydrogens (primary N) is 1. The minimum absolute atomic E-state index is 0. The summed E-state index contributed by atoms with van der Waals surface area (Å²) in [6, 6.07) is 9.80. The molecular formula is C19H31IN4O3. The molecule has 0 spiro atoms. The molecule has 7 nitrogen and oxygen atoms in total. The van der Waals surface area contributed by atoms with Gasteiger partial charge in [0.2, 0.25) is 0 Å². The van der Waals surface area contributed by atoms with Gasteiger partial charge in [0.25, 0.3) is 0 Å². The van der Waals surface area contributed by atoms with Gasteiger partial charge in [0.1, 0.15) is 5.60 Å². The van der Waals surface area contributed by atoms with E-state index in [1.165, 1.54) is 0 Å². The van der Waals surface area contributed by atoms with Gasteiger partial charge in [-0.05, 0) is 26.3 Å². The summed E-state index contributed by atoms with van der Waals surface area (Å²) < 4.78 is 5.38. The van der Waals surface area contributed by atoms with Crippen LogP contribution in [0, 0.1) is 0 Å². The number of halogens is 1. The third kappa shape index (κ3) is 8.34. The van der Waals surface area contributed by atoms with E-state index in [0.29, 0.717) is 38.6 Å². The number of nitrogens with zero attached hydrogens (tertiary/aromatic N) is 3. The fraction of sp³-hybridized carbons (Fsp3) is 0.579. The van der Waals surface area contributed by atoms with E-state index in [2.05, 4.69) is 4.99 Å². The van der Waals surface area contributed by atoms with Crippen LogP contribution in [0.1, 0.15) is 26.3 Å². The van der Waals surface area contributed by atoms with E-state index >= 15 is 0 Å². The molecule has 3 N–H and O–H groups in total. The summed E-state index contributed by atoms with van der Waals surface area (Å²) >= 11 is 0. The number of hydrogen-bond donors (Lipinski definition) is 2. The lowest BCUT2D eigenvalue weighted by Gasteiger charge is -2.36. The smallest absolute Gasteiger partial charge is 0.410 e. The molecule has 27 heavy (non-hydrogen) atoms. The second kappa shape index (κ2) is 10.7. The monoisotopic (exact) mass is 490 g/mol. The highest BCUT2D eigenvalue weighted by atomic mass is 127. The molecule has 0 radical (unpaired) electrons. The lowest BCUT2D eigenvalue weighted by atomic mass is 10.1. The van der Waals surface area contributed by atoms with Crippen LogP contribution in [0.3, 0.4) is 0 Å². The summed E-state index contributed by atoms with van der Waals surface area (Å²) in [4.78, 5) is 20.0. The van der Waals surface area contributed by atoms with Crippen molar-refractivity contribution in [2.75, 3.05) is 32.7 Å². The van der Waals surface area contributed by atoms with Gasteiger partial charge in [0.15, 0.2) is 5.96 Å².